The summed E-state index contributed by atoms with van der Waals surface area (Å²) >= 11 is 0. The smallest absolute Gasteiger partial charge is 0.295 e. The van der Waals surface area contributed by atoms with Crippen LogP contribution in [0.5, 0.6) is 11.5 Å². The van der Waals surface area contributed by atoms with Gasteiger partial charge < -0.3 is 14.2 Å². The maximum absolute atomic E-state index is 13.8. The Morgan fingerprint density at radius 3 is 1.82 bits per heavy atom. The number of sulfone groups is 1. The summed E-state index contributed by atoms with van der Waals surface area (Å²) in [5.74, 6) is 0.699. The molecule has 204 valence electrons. The van der Waals surface area contributed by atoms with Crippen LogP contribution in [-0.4, -0.2) is 43.8 Å². The van der Waals surface area contributed by atoms with Gasteiger partial charge in [-0.3, -0.25) is 4.79 Å². The first-order valence-corrected chi connectivity index (χ1v) is 14.9. The van der Waals surface area contributed by atoms with Crippen LogP contribution in [0.2, 0.25) is 0 Å². The second kappa shape index (κ2) is 11.3. The second-order valence-electron chi connectivity index (χ2n) is 8.53. The molecule has 0 heterocycles. The summed E-state index contributed by atoms with van der Waals surface area (Å²) in [6.45, 7) is 1.62. The minimum atomic E-state index is -4.23. The van der Waals surface area contributed by atoms with E-state index in [2.05, 4.69) is 0 Å². The van der Waals surface area contributed by atoms with Crippen LogP contribution in [0.1, 0.15) is 12.5 Å². The largest absolute Gasteiger partial charge is 0.497 e. The molecule has 1 unspecified atom stereocenters. The van der Waals surface area contributed by atoms with Gasteiger partial charge in [-0.05, 0) is 72.5 Å². The van der Waals surface area contributed by atoms with Crippen LogP contribution in [0.15, 0.2) is 94.7 Å². The molecule has 1 atom stereocenters. The van der Waals surface area contributed by atoms with E-state index in [4.69, 9.17) is 14.2 Å². The van der Waals surface area contributed by atoms with Crippen molar-refractivity contribution in [2.45, 2.75) is 28.7 Å². The van der Waals surface area contributed by atoms with Gasteiger partial charge in [-0.2, -0.15) is 0 Å². The summed E-state index contributed by atoms with van der Waals surface area (Å²) in [5.41, 5.74) is 0.706. The standard InChI is InChI=1S/C28H27NO8S2/c1-20(37-19-30)29(39(33,34)25-15-11-23(36-3)12-16-25)28-17-8-21(26-6-4-5-7-27(26)28)18-38(31,32)24-13-9-22(35-2)10-14-24/h4-17,19-20H,18H2,1-3H3. The molecule has 4 aromatic carbocycles. The summed E-state index contributed by atoms with van der Waals surface area (Å²) in [7, 11) is -5.00. The van der Waals surface area contributed by atoms with Gasteiger partial charge in [0.05, 0.1) is 35.5 Å². The molecule has 0 aliphatic carbocycles. The Morgan fingerprint density at radius 2 is 1.28 bits per heavy atom. The lowest BCUT2D eigenvalue weighted by Gasteiger charge is -2.30. The fourth-order valence-electron chi connectivity index (χ4n) is 4.25. The number of carbonyl (C=O) groups is 1. The Balaban J connectivity index is 1.83. The minimum Gasteiger partial charge on any atom is -0.497 e. The van der Waals surface area contributed by atoms with Crippen LogP contribution in [0, 0.1) is 0 Å². The van der Waals surface area contributed by atoms with Crippen molar-refractivity contribution in [1.29, 1.82) is 0 Å². The van der Waals surface area contributed by atoms with E-state index in [0.717, 1.165) is 4.31 Å². The molecule has 39 heavy (non-hydrogen) atoms. The van der Waals surface area contributed by atoms with Crippen LogP contribution in [0.4, 0.5) is 5.69 Å². The number of benzene rings is 4. The Kier molecular flexibility index (Phi) is 8.12. The maximum atomic E-state index is 13.8. The number of fused-ring (bicyclic) bond motifs is 1. The lowest BCUT2D eigenvalue weighted by atomic mass is 10.0. The molecule has 0 fully saturated rings. The first kappa shape index (κ1) is 27.9. The zero-order chi connectivity index (χ0) is 28.2. The zero-order valence-electron chi connectivity index (χ0n) is 21.5. The minimum absolute atomic E-state index is 0.0418. The van der Waals surface area contributed by atoms with Crippen molar-refractivity contribution in [2.24, 2.45) is 0 Å². The molecule has 0 bridgehead atoms. The molecular weight excluding hydrogens is 542 g/mol. The number of ether oxygens (including phenoxy) is 3. The van der Waals surface area contributed by atoms with Crippen LogP contribution in [0.3, 0.4) is 0 Å². The van der Waals surface area contributed by atoms with Crippen LogP contribution in [0.25, 0.3) is 10.8 Å². The molecule has 4 aromatic rings. The molecule has 0 aromatic heterocycles. The van der Waals surface area contributed by atoms with Gasteiger partial charge in [-0.1, -0.05) is 30.3 Å². The lowest BCUT2D eigenvalue weighted by Crippen LogP contribution is -2.40. The predicted molar refractivity (Wildman–Crippen MR) is 147 cm³/mol. The van der Waals surface area contributed by atoms with Gasteiger partial charge in [0.25, 0.3) is 16.5 Å². The van der Waals surface area contributed by atoms with E-state index in [0.29, 0.717) is 27.8 Å². The zero-order valence-corrected chi connectivity index (χ0v) is 23.1. The molecule has 9 nitrogen and oxygen atoms in total. The maximum Gasteiger partial charge on any atom is 0.295 e. The number of hydrogen-bond donors (Lipinski definition) is 0. The van der Waals surface area contributed by atoms with Gasteiger partial charge in [0.2, 0.25) is 0 Å². The van der Waals surface area contributed by atoms with Crippen molar-refractivity contribution in [1.82, 2.24) is 0 Å². The van der Waals surface area contributed by atoms with Crippen LogP contribution < -0.4 is 13.8 Å². The highest BCUT2D eigenvalue weighted by Crippen LogP contribution is 2.36. The van der Waals surface area contributed by atoms with E-state index in [1.807, 2.05) is 0 Å². The molecule has 11 heteroatoms. The average Bonchev–Trinajstić information content (AvgIpc) is 2.94. The van der Waals surface area contributed by atoms with Gasteiger partial charge in [0, 0.05) is 5.39 Å². The normalized spacial score (nSPS) is 12.5. The number of nitrogens with zero attached hydrogens (tertiary/aromatic N) is 1. The summed E-state index contributed by atoms with van der Waals surface area (Å²) in [6.07, 6.45) is -1.20. The Bertz CT molecular complexity index is 1680. The van der Waals surface area contributed by atoms with E-state index < -0.39 is 26.1 Å². The van der Waals surface area contributed by atoms with Crippen molar-refractivity contribution >= 4 is 42.8 Å². The van der Waals surface area contributed by atoms with Crippen LogP contribution >= 0.6 is 0 Å². The number of anilines is 1. The highest BCUT2D eigenvalue weighted by molar-refractivity contribution is 7.93. The van der Waals surface area contributed by atoms with E-state index in [1.54, 1.807) is 42.5 Å². The fraction of sp³-hybridized carbons (Fsp3) is 0.179. The Hall–Kier alpha value is -4.09. The third-order valence-corrected chi connectivity index (χ3v) is 9.75. The van der Waals surface area contributed by atoms with Gasteiger partial charge >= 0.3 is 0 Å². The Labute approximate surface area is 227 Å². The Morgan fingerprint density at radius 1 is 0.744 bits per heavy atom. The number of sulfonamides is 1. The molecule has 0 aliphatic rings. The van der Waals surface area contributed by atoms with Gasteiger partial charge in [-0.25, -0.2) is 21.1 Å². The molecule has 0 saturated carbocycles. The highest BCUT2D eigenvalue weighted by Gasteiger charge is 2.32. The monoisotopic (exact) mass is 569 g/mol. The van der Waals surface area contributed by atoms with Crippen molar-refractivity contribution in [3.05, 3.63) is 90.5 Å². The summed E-state index contributed by atoms with van der Waals surface area (Å²) in [4.78, 5) is 11.3. The topological polar surface area (TPSA) is 116 Å². The molecule has 4 rings (SSSR count). The number of methoxy groups -OCH3 is 2. The molecule has 0 aliphatic heterocycles. The predicted octanol–water partition coefficient (Wildman–Crippen LogP) is 4.55. The first-order valence-electron chi connectivity index (χ1n) is 11.8. The van der Waals surface area contributed by atoms with Crippen molar-refractivity contribution in [3.8, 4) is 11.5 Å². The van der Waals surface area contributed by atoms with Crippen LogP contribution in [-0.2, 0) is 35.1 Å². The first-order chi connectivity index (χ1) is 18.6. The molecule has 0 spiro atoms. The SMILES string of the molecule is COc1ccc(S(=O)(=O)Cc2ccc(N(C(C)OC=O)S(=O)(=O)c3ccc(OC)cc3)c3ccccc23)cc1. The number of rotatable bonds is 11. The molecule has 0 radical (unpaired) electrons. The van der Waals surface area contributed by atoms with Gasteiger partial charge in [0.15, 0.2) is 16.1 Å². The molecule has 0 amide bonds. The van der Waals surface area contributed by atoms with Crippen molar-refractivity contribution in [2.75, 3.05) is 18.5 Å². The molecule has 0 N–H and O–H groups in total. The highest BCUT2D eigenvalue weighted by atomic mass is 32.2. The average molecular weight is 570 g/mol. The summed E-state index contributed by atoms with van der Waals surface area (Å²) < 4.78 is 70.5. The van der Waals surface area contributed by atoms with Crippen molar-refractivity contribution in [3.63, 3.8) is 0 Å². The summed E-state index contributed by atoms with van der Waals surface area (Å²) in [5, 5.41) is 1.01. The quantitative estimate of drug-likeness (QED) is 0.191. The van der Waals surface area contributed by atoms with E-state index >= 15 is 0 Å². The third-order valence-electron chi connectivity index (χ3n) is 6.19. The van der Waals surface area contributed by atoms with Crippen molar-refractivity contribution < 1.29 is 35.8 Å². The second-order valence-corrected chi connectivity index (χ2v) is 12.3. The van der Waals surface area contributed by atoms with E-state index in [9.17, 15) is 21.6 Å². The summed E-state index contributed by atoms with van der Waals surface area (Å²) in [6, 6.07) is 21.9. The number of hydrogen-bond acceptors (Lipinski definition) is 8. The lowest BCUT2D eigenvalue weighted by molar-refractivity contribution is -0.132. The third kappa shape index (κ3) is 5.69. The molecule has 0 saturated heterocycles. The van der Waals surface area contributed by atoms with Gasteiger partial charge in [0.1, 0.15) is 11.5 Å². The molecular formula is C28H27NO8S2. The fourth-order valence-corrected chi connectivity index (χ4v) is 7.20. The number of carbonyl (C=O) groups excluding carboxylic acids is 1. The van der Waals surface area contributed by atoms with E-state index in [1.165, 1.54) is 63.6 Å². The van der Waals surface area contributed by atoms with Gasteiger partial charge in [-0.15, -0.1) is 0 Å². The van der Waals surface area contributed by atoms with E-state index in [-0.39, 0.29) is 27.7 Å².